The molecule has 1 aromatic carbocycles. The van der Waals surface area contributed by atoms with Crippen molar-refractivity contribution in [3.8, 4) is 0 Å². The Morgan fingerprint density at radius 2 is 1.73 bits per heavy atom. The van der Waals surface area contributed by atoms with Crippen LogP contribution >= 0.6 is 0 Å². The van der Waals surface area contributed by atoms with Crippen molar-refractivity contribution in [3.63, 3.8) is 0 Å². The second-order valence-corrected chi connectivity index (χ2v) is 2.73. The van der Waals surface area contributed by atoms with Gasteiger partial charge in [0, 0.05) is 6.92 Å². The minimum Gasteiger partial charge on any atom is -0.317 e. The topological polar surface area (TPSA) is 46.2 Å². The smallest absolute Gasteiger partial charge is 0.291 e. The molecule has 0 aromatic heterocycles. The van der Waals surface area contributed by atoms with E-state index in [0.29, 0.717) is 6.07 Å². The van der Waals surface area contributed by atoms with E-state index in [-0.39, 0.29) is 0 Å². The highest BCUT2D eigenvalue weighted by Crippen LogP contribution is 2.19. The Hall–Kier alpha value is -1.85. The molecule has 0 atom stereocenters. The zero-order chi connectivity index (χ0) is 11.6. The Kier molecular flexibility index (Phi) is 3.08. The fraction of sp³-hybridized carbons (Fsp3) is 0.111. The first-order valence-electron chi connectivity index (χ1n) is 3.89. The van der Waals surface area contributed by atoms with Gasteiger partial charge in [-0.15, -0.1) is 0 Å². The highest BCUT2D eigenvalue weighted by atomic mass is 19.2. The number of halogens is 3. The van der Waals surface area contributed by atoms with Gasteiger partial charge in [0.15, 0.2) is 17.5 Å². The van der Waals surface area contributed by atoms with Crippen molar-refractivity contribution in [3.05, 3.63) is 29.6 Å². The maximum atomic E-state index is 12.9. The zero-order valence-electron chi connectivity index (χ0n) is 7.61. The minimum absolute atomic E-state index is 0.575. The number of nitrogens with one attached hydrogen (secondary N) is 1. The molecule has 3 nitrogen and oxygen atoms in total. The van der Waals surface area contributed by atoms with Crippen molar-refractivity contribution < 1.29 is 22.8 Å². The van der Waals surface area contributed by atoms with Gasteiger partial charge >= 0.3 is 0 Å². The molecule has 0 aliphatic heterocycles. The van der Waals surface area contributed by atoms with Crippen molar-refractivity contribution in [1.82, 2.24) is 0 Å². The third-order valence-corrected chi connectivity index (χ3v) is 1.60. The number of ketones is 1. The van der Waals surface area contributed by atoms with Crippen LogP contribution in [-0.4, -0.2) is 11.7 Å². The Morgan fingerprint density at radius 3 is 2.27 bits per heavy atom. The summed E-state index contributed by atoms with van der Waals surface area (Å²) in [4.78, 5) is 21.3. The summed E-state index contributed by atoms with van der Waals surface area (Å²) in [6.45, 7) is 0.965. The highest BCUT2D eigenvalue weighted by molar-refractivity contribution is 6.39. The number of rotatable bonds is 2. The van der Waals surface area contributed by atoms with Crippen LogP contribution in [0, 0.1) is 17.5 Å². The number of Topliss-reactive ketones (excluding diaryl/α,β-unsaturated/α-hetero) is 1. The van der Waals surface area contributed by atoms with Gasteiger partial charge in [-0.3, -0.25) is 9.59 Å². The van der Waals surface area contributed by atoms with Crippen LogP contribution in [0.15, 0.2) is 12.1 Å². The lowest BCUT2D eigenvalue weighted by Gasteiger charge is -2.04. The number of hydrogen-bond donors (Lipinski definition) is 1. The molecule has 1 amide bonds. The van der Waals surface area contributed by atoms with Crippen LogP contribution in [0.5, 0.6) is 0 Å². The summed E-state index contributed by atoms with van der Waals surface area (Å²) >= 11 is 0. The molecule has 1 rings (SSSR count). The van der Waals surface area contributed by atoms with Gasteiger partial charge in [0.2, 0.25) is 5.78 Å². The number of carbonyl (C=O) groups is 2. The molecule has 0 fully saturated rings. The molecule has 0 spiro atoms. The maximum Gasteiger partial charge on any atom is 0.291 e. The summed E-state index contributed by atoms with van der Waals surface area (Å²) in [6, 6.07) is 1.47. The molecule has 15 heavy (non-hydrogen) atoms. The van der Waals surface area contributed by atoms with Crippen molar-refractivity contribution in [1.29, 1.82) is 0 Å². The van der Waals surface area contributed by atoms with E-state index in [1.54, 1.807) is 0 Å². The zero-order valence-corrected chi connectivity index (χ0v) is 7.61. The minimum atomic E-state index is -1.70. The quantitative estimate of drug-likeness (QED) is 0.604. The third-order valence-electron chi connectivity index (χ3n) is 1.60. The summed E-state index contributed by atoms with van der Waals surface area (Å²) in [6.07, 6.45) is 0. The summed E-state index contributed by atoms with van der Waals surface area (Å²) < 4.78 is 38.1. The molecule has 1 N–H and O–H groups in total. The summed E-state index contributed by atoms with van der Waals surface area (Å²) in [5.74, 6) is -6.56. The van der Waals surface area contributed by atoms with Gasteiger partial charge in [0.25, 0.3) is 5.91 Å². The molecule has 0 heterocycles. The van der Waals surface area contributed by atoms with Crippen LogP contribution in [0.25, 0.3) is 0 Å². The van der Waals surface area contributed by atoms with E-state index >= 15 is 0 Å². The van der Waals surface area contributed by atoms with E-state index in [9.17, 15) is 22.8 Å². The first-order chi connectivity index (χ1) is 6.93. The van der Waals surface area contributed by atoms with Gasteiger partial charge in [-0.1, -0.05) is 0 Å². The van der Waals surface area contributed by atoms with Crippen molar-refractivity contribution in [2.45, 2.75) is 6.92 Å². The normalized spacial score (nSPS) is 9.87. The predicted octanol–water partition coefficient (Wildman–Crippen LogP) is 1.63. The average molecular weight is 217 g/mol. The van der Waals surface area contributed by atoms with E-state index in [2.05, 4.69) is 0 Å². The van der Waals surface area contributed by atoms with Gasteiger partial charge in [0.1, 0.15) is 0 Å². The number of anilines is 1. The van der Waals surface area contributed by atoms with Gasteiger partial charge in [0.05, 0.1) is 5.69 Å². The SMILES string of the molecule is CC(=O)C(=O)Nc1ccc(F)c(F)c1F. The molecule has 0 unspecified atom stereocenters. The largest absolute Gasteiger partial charge is 0.317 e. The number of carbonyl (C=O) groups excluding carboxylic acids is 2. The lowest BCUT2D eigenvalue weighted by molar-refractivity contribution is -0.133. The van der Waals surface area contributed by atoms with Crippen molar-refractivity contribution in [2.24, 2.45) is 0 Å². The summed E-state index contributed by atoms with van der Waals surface area (Å²) in [7, 11) is 0. The molecule has 0 saturated carbocycles. The van der Waals surface area contributed by atoms with E-state index < -0.39 is 34.8 Å². The third kappa shape index (κ3) is 2.34. The Morgan fingerprint density at radius 1 is 1.13 bits per heavy atom. The molecule has 0 aliphatic rings. The molecular formula is C9H6F3NO2. The lowest BCUT2D eigenvalue weighted by atomic mass is 10.2. The molecule has 1 aromatic rings. The molecular weight excluding hydrogens is 211 g/mol. The monoisotopic (exact) mass is 217 g/mol. The molecule has 0 bridgehead atoms. The summed E-state index contributed by atoms with van der Waals surface area (Å²) in [5, 5.41) is 1.81. The Balaban J connectivity index is 3.02. The molecule has 80 valence electrons. The highest BCUT2D eigenvalue weighted by Gasteiger charge is 2.16. The molecule has 0 aliphatic carbocycles. The van der Waals surface area contributed by atoms with E-state index in [1.165, 1.54) is 0 Å². The van der Waals surface area contributed by atoms with Crippen molar-refractivity contribution in [2.75, 3.05) is 5.32 Å². The first-order valence-corrected chi connectivity index (χ1v) is 3.89. The first kappa shape index (κ1) is 11.2. The van der Waals surface area contributed by atoms with Crippen molar-refractivity contribution >= 4 is 17.4 Å². The van der Waals surface area contributed by atoms with Crippen LogP contribution in [-0.2, 0) is 9.59 Å². The fourth-order valence-corrected chi connectivity index (χ4v) is 0.833. The van der Waals surface area contributed by atoms with Gasteiger partial charge in [-0.25, -0.2) is 13.2 Å². The number of benzene rings is 1. The van der Waals surface area contributed by atoms with Crippen LogP contribution in [0.1, 0.15) is 6.92 Å². The number of hydrogen-bond acceptors (Lipinski definition) is 2. The van der Waals surface area contributed by atoms with Gasteiger partial charge in [-0.2, -0.15) is 0 Å². The Bertz CT molecular complexity index is 432. The van der Waals surface area contributed by atoms with Crippen LogP contribution in [0.4, 0.5) is 18.9 Å². The van der Waals surface area contributed by atoms with Gasteiger partial charge < -0.3 is 5.32 Å². The Labute approximate surface area is 82.9 Å². The van der Waals surface area contributed by atoms with Crippen LogP contribution in [0.2, 0.25) is 0 Å². The fourth-order valence-electron chi connectivity index (χ4n) is 0.833. The van der Waals surface area contributed by atoms with E-state index in [1.807, 2.05) is 5.32 Å². The number of amides is 1. The van der Waals surface area contributed by atoms with E-state index in [0.717, 1.165) is 13.0 Å². The lowest BCUT2D eigenvalue weighted by Crippen LogP contribution is -2.20. The van der Waals surface area contributed by atoms with Crippen LogP contribution in [0.3, 0.4) is 0 Å². The molecule has 0 saturated heterocycles. The van der Waals surface area contributed by atoms with Gasteiger partial charge in [-0.05, 0) is 12.1 Å². The average Bonchev–Trinajstić information content (AvgIpc) is 2.18. The van der Waals surface area contributed by atoms with E-state index in [4.69, 9.17) is 0 Å². The molecule has 6 heteroatoms. The second kappa shape index (κ2) is 4.12. The standard InChI is InChI=1S/C9H6F3NO2/c1-4(14)9(15)13-6-3-2-5(10)7(11)8(6)12/h2-3H,1H3,(H,13,15). The second-order valence-electron chi connectivity index (χ2n) is 2.73. The maximum absolute atomic E-state index is 12.9. The molecule has 0 radical (unpaired) electrons. The van der Waals surface area contributed by atoms with Crippen LogP contribution < -0.4 is 5.32 Å². The predicted molar refractivity (Wildman–Crippen MR) is 45.6 cm³/mol. The summed E-state index contributed by atoms with van der Waals surface area (Å²) in [5.41, 5.74) is -0.575.